The summed E-state index contributed by atoms with van der Waals surface area (Å²) in [6.45, 7) is 0.395. The lowest BCUT2D eigenvalue weighted by atomic mass is 10.3. The molecule has 2 heterocycles. The average molecular weight is 373 g/mol. The molecule has 2 aromatic heterocycles. The minimum atomic E-state index is -0.511. The average Bonchev–Trinajstić information content (AvgIpc) is 3.30. The van der Waals surface area contributed by atoms with E-state index in [2.05, 4.69) is 20.8 Å². The quantitative estimate of drug-likeness (QED) is 0.648. The van der Waals surface area contributed by atoms with Gasteiger partial charge in [-0.2, -0.15) is 0 Å². The van der Waals surface area contributed by atoms with Gasteiger partial charge in [0.25, 0.3) is 0 Å². The number of urea groups is 1. The molecular formula is C16H15N5O2S2. The van der Waals surface area contributed by atoms with Crippen LogP contribution in [0.2, 0.25) is 0 Å². The van der Waals surface area contributed by atoms with Gasteiger partial charge in [-0.1, -0.05) is 36.0 Å². The first-order chi connectivity index (χ1) is 12.2. The number of nitrogens with one attached hydrogen (secondary N) is 2. The maximum Gasteiger partial charge on any atom is 0.321 e. The highest BCUT2D eigenvalue weighted by Crippen LogP contribution is 2.18. The second-order valence-corrected chi connectivity index (χ2v) is 6.89. The van der Waals surface area contributed by atoms with E-state index >= 15 is 0 Å². The Balaban J connectivity index is 1.48. The van der Waals surface area contributed by atoms with Crippen LogP contribution in [0.3, 0.4) is 0 Å². The Morgan fingerprint density at radius 3 is 2.76 bits per heavy atom. The number of nitrogens with zero attached hydrogens (tertiary/aromatic N) is 3. The van der Waals surface area contributed by atoms with Gasteiger partial charge in [0.1, 0.15) is 6.33 Å². The molecule has 0 aliphatic carbocycles. The van der Waals surface area contributed by atoms with E-state index in [4.69, 9.17) is 0 Å². The van der Waals surface area contributed by atoms with E-state index < -0.39 is 11.9 Å². The molecule has 9 heteroatoms. The number of carbonyl (C=O) groups excluding carboxylic acids is 2. The SMILES string of the molecule is O=C(CSc1nncn1-c1ccccc1)NC(=O)NCc1cccs1. The van der Waals surface area contributed by atoms with Crippen LogP contribution in [-0.2, 0) is 11.3 Å². The number of imide groups is 1. The van der Waals surface area contributed by atoms with Crippen LogP contribution in [0.4, 0.5) is 4.79 Å². The van der Waals surface area contributed by atoms with Gasteiger partial charge in [0.2, 0.25) is 5.91 Å². The van der Waals surface area contributed by atoms with Crippen LogP contribution in [-0.4, -0.2) is 32.5 Å². The van der Waals surface area contributed by atoms with E-state index in [-0.39, 0.29) is 5.75 Å². The van der Waals surface area contributed by atoms with Crippen molar-refractivity contribution in [2.75, 3.05) is 5.75 Å². The van der Waals surface area contributed by atoms with Gasteiger partial charge >= 0.3 is 6.03 Å². The summed E-state index contributed by atoms with van der Waals surface area (Å²) < 4.78 is 1.79. The van der Waals surface area contributed by atoms with Gasteiger partial charge in [0.15, 0.2) is 5.16 Å². The van der Waals surface area contributed by atoms with Crippen molar-refractivity contribution in [3.05, 3.63) is 59.0 Å². The summed E-state index contributed by atoms with van der Waals surface area (Å²) in [7, 11) is 0. The van der Waals surface area contributed by atoms with Crippen molar-refractivity contribution in [2.24, 2.45) is 0 Å². The molecule has 0 fully saturated rings. The fraction of sp³-hybridized carbons (Fsp3) is 0.125. The Morgan fingerprint density at radius 2 is 2.00 bits per heavy atom. The van der Waals surface area contributed by atoms with Gasteiger partial charge in [-0.05, 0) is 23.6 Å². The van der Waals surface area contributed by atoms with Crippen LogP contribution in [0.15, 0.2) is 59.3 Å². The molecule has 0 bridgehead atoms. The molecule has 3 amide bonds. The number of hydrogen-bond acceptors (Lipinski definition) is 6. The normalized spacial score (nSPS) is 10.4. The topological polar surface area (TPSA) is 88.9 Å². The summed E-state index contributed by atoms with van der Waals surface area (Å²) in [5.41, 5.74) is 0.907. The zero-order valence-corrected chi connectivity index (χ0v) is 14.7. The Labute approximate surface area is 152 Å². The number of hydrogen-bond donors (Lipinski definition) is 2. The maximum absolute atomic E-state index is 11.9. The minimum Gasteiger partial charge on any atom is -0.333 e. The van der Waals surface area contributed by atoms with Gasteiger partial charge in [-0.25, -0.2) is 4.79 Å². The number of amides is 3. The summed E-state index contributed by atoms with van der Waals surface area (Å²) >= 11 is 2.76. The largest absolute Gasteiger partial charge is 0.333 e. The van der Waals surface area contributed by atoms with Crippen LogP contribution in [0.25, 0.3) is 5.69 Å². The molecule has 3 rings (SSSR count). The highest BCUT2D eigenvalue weighted by atomic mass is 32.2. The van der Waals surface area contributed by atoms with Crippen LogP contribution < -0.4 is 10.6 Å². The maximum atomic E-state index is 11.9. The zero-order chi connectivity index (χ0) is 17.5. The highest BCUT2D eigenvalue weighted by Gasteiger charge is 2.12. The first-order valence-electron chi connectivity index (χ1n) is 7.40. The molecule has 0 atom stereocenters. The van der Waals surface area contributed by atoms with Crippen molar-refractivity contribution in [2.45, 2.75) is 11.7 Å². The van der Waals surface area contributed by atoms with Gasteiger partial charge in [0, 0.05) is 10.6 Å². The van der Waals surface area contributed by atoms with Gasteiger partial charge < -0.3 is 5.32 Å². The molecule has 0 saturated carbocycles. The molecule has 128 valence electrons. The molecule has 25 heavy (non-hydrogen) atoms. The second-order valence-electron chi connectivity index (χ2n) is 4.92. The van der Waals surface area contributed by atoms with Crippen LogP contribution >= 0.6 is 23.1 Å². The second kappa shape index (κ2) is 8.45. The standard InChI is InChI=1S/C16H15N5O2S2/c22-14(19-15(23)17-9-13-7-4-8-24-13)10-25-16-20-18-11-21(16)12-5-2-1-3-6-12/h1-8,11H,9-10H2,(H2,17,19,22,23). The van der Waals surface area contributed by atoms with E-state index in [9.17, 15) is 9.59 Å². The van der Waals surface area contributed by atoms with Crippen molar-refractivity contribution < 1.29 is 9.59 Å². The molecular weight excluding hydrogens is 358 g/mol. The van der Waals surface area contributed by atoms with Crippen molar-refractivity contribution in [1.82, 2.24) is 25.4 Å². The third kappa shape index (κ3) is 4.91. The van der Waals surface area contributed by atoms with Crippen molar-refractivity contribution in [1.29, 1.82) is 0 Å². The Morgan fingerprint density at radius 1 is 1.16 bits per heavy atom. The highest BCUT2D eigenvalue weighted by molar-refractivity contribution is 7.99. The monoisotopic (exact) mass is 373 g/mol. The molecule has 3 aromatic rings. The third-order valence-electron chi connectivity index (χ3n) is 3.14. The summed E-state index contributed by atoms with van der Waals surface area (Å²) in [6, 6.07) is 12.9. The Kier molecular flexibility index (Phi) is 5.81. The Bertz CT molecular complexity index is 833. The van der Waals surface area contributed by atoms with E-state index in [1.54, 1.807) is 22.2 Å². The van der Waals surface area contributed by atoms with E-state index in [1.165, 1.54) is 11.8 Å². The molecule has 0 unspecified atom stereocenters. The molecule has 0 aliphatic rings. The number of aromatic nitrogens is 3. The molecule has 0 radical (unpaired) electrons. The predicted molar refractivity (Wildman–Crippen MR) is 96.8 cm³/mol. The minimum absolute atomic E-state index is 0.0674. The lowest BCUT2D eigenvalue weighted by Gasteiger charge is -2.07. The molecule has 0 aliphatic heterocycles. The van der Waals surface area contributed by atoms with E-state index in [0.717, 1.165) is 10.6 Å². The van der Waals surface area contributed by atoms with Gasteiger partial charge in [-0.15, -0.1) is 21.5 Å². The summed E-state index contributed by atoms with van der Waals surface area (Å²) in [6.07, 6.45) is 1.59. The predicted octanol–water partition coefficient (Wildman–Crippen LogP) is 2.45. The fourth-order valence-corrected chi connectivity index (χ4v) is 3.38. The van der Waals surface area contributed by atoms with Crippen molar-refractivity contribution >= 4 is 35.0 Å². The molecule has 0 spiro atoms. The molecule has 0 saturated heterocycles. The summed E-state index contributed by atoms with van der Waals surface area (Å²) in [5, 5.41) is 15.3. The fourth-order valence-electron chi connectivity index (χ4n) is 2.01. The summed E-state index contributed by atoms with van der Waals surface area (Å²) in [5.74, 6) is -0.325. The van der Waals surface area contributed by atoms with Crippen LogP contribution in [0.1, 0.15) is 4.88 Å². The van der Waals surface area contributed by atoms with E-state index in [1.807, 2.05) is 47.8 Å². The van der Waals surface area contributed by atoms with Crippen LogP contribution in [0, 0.1) is 0 Å². The first-order valence-corrected chi connectivity index (χ1v) is 9.27. The molecule has 7 nitrogen and oxygen atoms in total. The molecule has 2 N–H and O–H groups in total. The molecule has 1 aromatic carbocycles. The number of para-hydroxylation sites is 1. The van der Waals surface area contributed by atoms with Crippen molar-refractivity contribution in [3.8, 4) is 5.69 Å². The van der Waals surface area contributed by atoms with Crippen LogP contribution in [0.5, 0.6) is 0 Å². The number of carbonyl (C=O) groups is 2. The number of thioether (sulfide) groups is 1. The Hall–Kier alpha value is -2.65. The number of benzene rings is 1. The lowest BCUT2D eigenvalue weighted by molar-refractivity contribution is -0.117. The number of rotatable bonds is 6. The lowest BCUT2D eigenvalue weighted by Crippen LogP contribution is -2.39. The smallest absolute Gasteiger partial charge is 0.321 e. The zero-order valence-electron chi connectivity index (χ0n) is 13.1. The first kappa shape index (κ1) is 17.2. The summed E-state index contributed by atoms with van der Waals surface area (Å²) in [4.78, 5) is 24.6. The third-order valence-corrected chi connectivity index (χ3v) is 4.96. The van der Waals surface area contributed by atoms with Gasteiger partial charge in [-0.3, -0.25) is 14.7 Å². The number of thiophene rings is 1. The van der Waals surface area contributed by atoms with Gasteiger partial charge in [0.05, 0.1) is 12.3 Å². The van der Waals surface area contributed by atoms with E-state index in [0.29, 0.717) is 11.7 Å². The van der Waals surface area contributed by atoms with Crippen molar-refractivity contribution in [3.63, 3.8) is 0 Å².